The van der Waals surface area contributed by atoms with Crippen LogP contribution in [-0.2, 0) is 4.79 Å². The summed E-state index contributed by atoms with van der Waals surface area (Å²) >= 11 is 0. The molecule has 0 atom stereocenters. The van der Waals surface area contributed by atoms with Crippen LogP contribution in [0.25, 0.3) is 0 Å². The first kappa shape index (κ1) is 9.58. The molecule has 0 N–H and O–H groups in total. The number of aldehydes is 1. The molecule has 0 saturated heterocycles. The molecule has 0 saturated carbocycles. The third-order valence-electron chi connectivity index (χ3n) is 1.63. The average molecular weight is 180 g/mol. The molecule has 0 spiro atoms. The van der Waals surface area contributed by atoms with Crippen LogP contribution < -0.4 is 9.47 Å². The summed E-state index contributed by atoms with van der Waals surface area (Å²) in [5.41, 5.74) is 1.07. The molecule has 0 unspecified atom stereocenters. The summed E-state index contributed by atoms with van der Waals surface area (Å²) in [6, 6.07) is 5.57. The third kappa shape index (κ3) is 2.47. The molecule has 0 aromatic heterocycles. The first-order chi connectivity index (χ1) is 6.27. The van der Waals surface area contributed by atoms with Crippen molar-refractivity contribution in [1.29, 1.82) is 0 Å². The predicted molar refractivity (Wildman–Crippen MR) is 49.3 cm³/mol. The Labute approximate surface area is 77.3 Å². The molecule has 1 aromatic rings. The lowest BCUT2D eigenvalue weighted by atomic mass is 10.2. The second kappa shape index (κ2) is 4.50. The van der Waals surface area contributed by atoms with Gasteiger partial charge in [0.15, 0.2) is 17.8 Å². The predicted octanol–water partition coefficient (Wildman–Crippen LogP) is 1.58. The summed E-state index contributed by atoms with van der Waals surface area (Å²) < 4.78 is 10.2. The van der Waals surface area contributed by atoms with Crippen LogP contribution in [0.15, 0.2) is 18.2 Å². The van der Waals surface area contributed by atoms with E-state index >= 15 is 0 Å². The lowest BCUT2D eigenvalue weighted by Gasteiger charge is -2.08. The minimum Gasteiger partial charge on any atom is -0.493 e. The van der Waals surface area contributed by atoms with Gasteiger partial charge in [0.1, 0.15) is 6.61 Å². The van der Waals surface area contributed by atoms with Gasteiger partial charge in [-0.15, -0.1) is 0 Å². The van der Waals surface area contributed by atoms with Crippen LogP contribution in [0.4, 0.5) is 0 Å². The van der Waals surface area contributed by atoms with Crippen molar-refractivity contribution in [3.63, 3.8) is 0 Å². The number of carbonyl (C=O) groups is 1. The third-order valence-corrected chi connectivity index (χ3v) is 1.63. The van der Waals surface area contributed by atoms with Crippen molar-refractivity contribution >= 4 is 6.29 Å². The Morgan fingerprint density at radius 3 is 2.77 bits per heavy atom. The van der Waals surface area contributed by atoms with E-state index in [4.69, 9.17) is 9.47 Å². The number of methoxy groups -OCH3 is 1. The van der Waals surface area contributed by atoms with Crippen molar-refractivity contribution in [3.8, 4) is 11.5 Å². The highest BCUT2D eigenvalue weighted by atomic mass is 16.5. The van der Waals surface area contributed by atoms with E-state index in [1.54, 1.807) is 7.11 Å². The topological polar surface area (TPSA) is 35.5 Å². The van der Waals surface area contributed by atoms with Crippen LogP contribution >= 0.6 is 0 Å². The molecule has 70 valence electrons. The number of benzene rings is 1. The fourth-order valence-corrected chi connectivity index (χ4v) is 1.02. The minimum absolute atomic E-state index is 0.0554. The van der Waals surface area contributed by atoms with Crippen molar-refractivity contribution in [1.82, 2.24) is 0 Å². The SMILES string of the molecule is COc1ccc(C)cc1OCC=O. The first-order valence-corrected chi connectivity index (χ1v) is 3.99. The van der Waals surface area contributed by atoms with Crippen molar-refractivity contribution < 1.29 is 14.3 Å². The molecule has 0 fully saturated rings. The van der Waals surface area contributed by atoms with Crippen molar-refractivity contribution in [2.45, 2.75) is 6.92 Å². The zero-order valence-corrected chi connectivity index (χ0v) is 7.74. The van der Waals surface area contributed by atoms with E-state index in [1.807, 2.05) is 25.1 Å². The maximum Gasteiger partial charge on any atom is 0.162 e. The van der Waals surface area contributed by atoms with E-state index < -0.39 is 0 Å². The van der Waals surface area contributed by atoms with E-state index in [-0.39, 0.29) is 6.61 Å². The van der Waals surface area contributed by atoms with E-state index in [1.165, 1.54) is 0 Å². The second-order valence-corrected chi connectivity index (χ2v) is 2.63. The quantitative estimate of drug-likeness (QED) is 0.660. The van der Waals surface area contributed by atoms with Crippen LogP contribution in [0, 0.1) is 6.92 Å². The van der Waals surface area contributed by atoms with Gasteiger partial charge in [-0.3, -0.25) is 4.79 Å². The summed E-state index contributed by atoms with van der Waals surface area (Å²) in [5, 5.41) is 0. The molecule has 0 radical (unpaired) electrons. The molecule has 13 heavy (non-hydrogen) atoms. The van der Waals surface area contributed by atoms with Gasteiger partial charge in [-0.25, -0.2) is 0 Å². The average Bonchev–Trinajstić information content (AvgIpc) is 2.15. The Hall–Kier alpha value is -1.51. The zero-order valence-electron chi connectivity index (χ0n) is 7.74. The van der Waals surface area contributed by atoms with Gasteiger partial charge in [-0.1, -0.05) is 6.07 Å². The first-order valence-electron chi connectivity index (χ1n) is 3.99. The standard InChI is InChI=1S/C10H12O3/c1-8-3-4-9(12-2)10(7-8)13-6-5-11/h3-5,7H,6H2,1-2H3. The molecule has 1 aromatic carbocycles. The van der Waals surface area contributed by atoms with Gasteiger partial charge in [0.05, 0.1) is 7.11 Å². The Bertz CT molecular complexity index is 294. The van der Waals surface area contributed by atoms with E-state index in [0.717, 1.165) is 5.56 Å². The van der Waals surface area contributed by atoms with Crippen LogP contribution in [-0.4, -0.2) is 20.0 Å². The molecule has 0 heterocycles. The molecular weight excluding hydrogens is 168 g/mol. The molecule has 0 bridgehead atoms. The summed E-state index contributed by atoms with van der Waals surface area (Å²) in [4.78, 5) is 10.1. The second-order valence-electron chi connectivity index (χ2n) is 2.63. The van der Waals surface area contributed by atoms with Crippen LogP contribution in [0.5, 0.6) is 11.5 Å². The van der Waals surface area contributed by atoms with Gasteiger partial charge in [0.2, 0.25) is 0 Å². The highest BCUT2D eigenvalue weighted by Gasteiger charge is 2.02. The lowest BCUT2D eigenvalue weighted by Crippen LogP contribution is -1.99. The molecule has 1 rings (SSSR count). The fourth-order valence-electron chi connectivity index (χ4n) is 1.02. The monoisotopic (exact) mass is 180 g/mol. The number of hydrogen-bond donors (Lipinski definition) is 0. The molecule has 0 aliphatic rings. The minimum atomic E-state index is 0.0554. The number of hydrogen-bond acceptors (Lipinski definition) is 3. The van der Waals surface area contributed by atoms with E-state index in [9.17, 15) is 4.79 Å². The highest BCUT2D eigenvalue weighted by Crippen LogP contribution is 2.27. The van der Waals surface area contributed by atoms with Crippen LogP contribution in [0.2, 0.25) is 0 Å². The maximum absolute atomic E-state index is 10.1. The van der Waals surface area contributed by atoms with Gasteiger partial charge in [0, 0.05) is 0 Å². The Kier molecular flexibility index (Phi) is 3.31. The molecule has 0 aliphatic heterocycles. The Balaban J connectivity index is 2.87. The molecular formula is C10H12O3. The summed E-state index contributed by atoms with van der Waals surface area (Å²) in [7, 11) is 1.57. The fraction of sp³-hybridized carbons (Fsp3) is 0.300. The number of rotatable bonds is 4. The van der Waals surface area contributed by atoms with Crippen molar-refractivity contribution in [3.05, 3.63) is 23.8 Å². The van der Waals surface area contributed by atoms with Crippen molar-refractivity contribution in [2.24, 2.45) is 0 Å². The van der Waals surface area contributed by atoms with Gasteiger partial charge in [-0.05, 0) is 24.6 Å². The Morgan fingerprint density at radius 2 is 2.15 bits per heavy atom. The number of ether oxygens (including phenoxy) is 2. The van der Waals surface area contributed by atoms with Gasteiger partial charge in [-0.2, -0.15) is 0 Å². The maximum atomic E-state index is 10.1. The van der Waals surface area contributed by atoms with Gasteiger partial charge in [0.25, 0.3) is 0 Å². The summed E-state index contributed by atoms with van der Waals surface area (Å²) in [6.45, 7) is 2.01. The largest absolute Gasteiger partial charge is 0.493 e. The molecule has 0 aliphatic carbocycles. The van der Waals surface area contributed by atoms with E-state index in [2.05, 4.69) is 0 Å². The zero-order chi connectivity index (χ0) is 9.68. The number of carbonyl (C=O) groups excluding carboxylic acids is 1. The smallest absolute Gasteiger partial charge is 0.162 e. The number of aryl methyl sites for hydroxylation is 1. The Morgan fingerprint density at radius 1 is 1.38 bits per heavy atom. The molecule has 3 heteroatoms. The van der Waals surface area contributed by atoms with Gasteiger partial charge >= 0.3 is 0 Å². The molecule has 0 amide bonds. The van der Waals surface area contributed by atoms with Crippen LogP contribution in [0.1, 0.15) is 5.56 Å². The van der Waals surface area contributed by atoms with Crippen molar-refractivity contribution in [2.75, 3.05) is 13.7 Å². The van der Waals surface area contributed by atoms with Crippen LogP contribution in [0.3, 0.4) is 0 Å². The lowest BCUT2D eigenvalue weighted by molar-refractivity contribution is -0.109. The summed E-state index contributed by atoms with van der Waals surface area (Å²) in [6.07, 6.45) is 0.710. The highest BCUT2D eigenvalue weighted by molar-refractivity contribution is 5.52. The molecule has 3 nitrogen and oxygen atoms in total. The van der Waals surface area contributed by atoms with Gasteiger partial charge < -0.3 is 9.47 Å². The van der Waals surface area contributed by atoms with E-state index in [0.29, 0.717) is 17.8 Å². The normalized spacial score (nSPS) is 9.38. The summed E-state index contributed by atoms with van der Waals surface area (Å²) in [5.74, 6) is 1.25.